The Kier molecular flexibility index (Phi) is 5.26. The Morgan fingerprint density at radius 3 is 2.06 bits per heavy atom. The zero-order valence-electron chi connectivity index (χ0n) is 10.9. The minimum absolute atomic E-state index is 0.156. The second kappa shape index (κ2) is 6.09. The van der Waals surface area contributed by atoms with E-state index in [0.29, 0.717) is 10.0 Å². The van der Waals surface area contributed by atoms with Crippen LogP contribution in [0.2, 0.25) is 28.2 Å². The zero-order chi connectivity index (χ0) is 13.9. The number of hydrogen-bond donors (Lipinski definition) is 1. The summed E-state index contributed by atoms with van der Waals surface area (Å²) in [6.07, 6.45) is 0. The number of rotatable bonds is 5. The van der Waals surface area contributed by atoms with Crippen LogP contribution in [-0.4, -0.2) is 19.1 Å². The maximum Gasteiger partial charge on any atom is 0.337 e. The van der Waals surface area contributed by atoms with Crippen LogP contribution in [-0.2, 0) is 0 Å². The molecule has 0 fully saturated rings. The van der Waals surface area contributed by atoms with Crippen LogP contribution < -0.4 is 5.19 Å². The molecule has 1 aromatic carbocycles. The highest BCUT2D eigenvalue weighted by Crippen LogP contribution is 2.29. The molecule has 100 valence electrons. The van der Waals surface area contributed by atoms with Gasteiger partial charge in [0.1, 0.15) is 0 Å². The van der Waals surface area contributed by atoms with Crippen molar-refractivity contribution >= 4 is 42.4 Å². The van der Waals surface area contributed by atoms with E-state index in [9.17, 15) is 4.79 Å². The lowest BCUT2D eigenvalue weighted by molar-refractivity contribution is 0.0697. The fourth-order valence-corrected chi connectivity index (χ4v) is 7.89. The van der Waals surface area contributed by atoms with Crippen molar-refractivity contribution in [2.45, 2.75) is 38.9 Å². The predicted molar refractivity (Wildman–Crippen MR) is 80.3 cm³/mol. The third-order valence-electron chi connectivity index (χ3n) is 3.88. The molecule has 0 bridgehead atoms. The maximum atomic E-state index is 11.2. The van der Waals surface area contributed by atoms with Gasteiger partial charge in [-0.3, -0.25) is 0 Å². The van der Waals surface area contributed by atoms with E-state index >= 15 is 0 Å². The Bertz CT molecular complexity index is 448. The SMILES string of the molecule is CC[Si](CC)(CC)c1c(Cl)ccc(C(=O)O)c1Cl. The maximum absolute atomic E-state index is 11.2. The van der Waals surface area contributed by atoms with Gasteiger partial charge in [0, 0.05) is 5.02 Å². The Morgan fingerprint density at radius 2 is 1.67 bits per heavy atom. The van der Waals surface area contributed by atoms with Crippen molar-refractivity contribution in [3.63, 3.8) is 0 Å². The second-order valence-electron chi connectivity index (χ2n) is 4.43. The van der Waals surface area contributed by atoms with Gasteiger partial charge in [0.05, 0.1) is 18.7 Å². The van der Waals surface area contributed by atoms with Gasteiger partial charge >= 0.3 is 5.97 Å². The number of hydrogen-bond acceptors (Lipinski definition) is 1. The summed E-state index contributed by atoms with van der Waals surface area (Å²) >= 11 is 12.6. The summed E-state index contributed by atoms with van der Waals surface area (Å²) in [6.45, 7) is 6.41. The molecule has 0 aliphatic rings. The molecule has 0 saturated carbocycles. The number of benzene rings is 1. The third kappa shape index (κ3) is 2.58. The molecule has 2 nitrogen and oxygen atoms in total. The first-order chi connectivity index (χ1) is 8.43. The van der Waals surface area contributed by atoms with Crippen molar-refractivity contribution in [1.29, 1.82) is 0 Å². The van der Waals surface area contributed by atoms with E-state index in [4.69, 9.17) is 28.3 Å². The van der Waals surface area contributed by atoms with Gasteiger partial charge in [0.25, 0.3) is 0 Å². The molecule has 1 aromatic rings. The van der Waals surface area contributed by atoms with Gasteiger partial charge in [-0.25, -0.2) is 4.79 Å². The van der Waals surface area contributed by atoms with E-state index in [2.05, 4.69) is 20.8 Å². The smallest absolute Gasteiger partial charge is 0.337 e. The van der Waals surface area contributed by atoms with Gasteiger partial charge in [0.2, 0.25) is 0 Å². The summed E-state index contributed by atoms with van der Waals surface area (Å²) in [6, 6.07) is 6.19. The Balaban J connectivity index is 3.56. The highest BCUT2D eigenvalue weighted by Gasteiger charge is 2.34. The molecule has 0 heterocycles. The topological polar surface area (TPSA) is 37.3 Å². The zero-order valence-corrected chi connectivity index (χ0v) is 13.4. The van der Waals surface area contributed by atoms with E-state index < -0.39 is 14.0 Å². The van der Waals surface area contributed by atoms with Crippen molar-refractivity contribution in [3.8, 4) is 0 Å². The Morgan fingerprint density at radius 1 is 1.17 bits per heavy atom. The van der Waals surface area contributed by atoms with Crippen LogP contribution in [0.25, 0.3) is 0 Å². The molecule has 0 aromatic heterocycles. The monoisotopic (exact) mass is 304 g/mol. The molecule has 18 heavy (non-hydrogen) atoms. The van der Waals surface area contributed by atoms with Gasteiger partial charge in [-0.05, 0) is 17.3 Å². The Labute approximate surface area is 119 Å². The molecule has 0 saturated heterocycles. The molecule has 1 rings (SSSR count). The van der Waals surface area contributed by atoms with Crippen LogP contribution in [0.15, 0.2) is 12.1 Å². The van der Waals surface area contributed by atoms with Crippen LogP contribution >= 0.6 is 23.2 Å². The first kappa shape index (κ1) is 15.5. The van der Waals surface area contributed by atoms with Crippen LogP contribution in [0.4, 0.5) is 0 Å². The van der Waals surface area contributed by atoms with E-state index in [1.807, 2.05) is 0 Å². The van der Waals surface area contributed by atoms with Gasteiger partial charge in [-0.2, -0.15) is 0 Å². The molecule has 5 heteroatoms. The van der Waals surface area contributed by atoms with Gasteiger partial charge in [0.15, 0.2) is 0 Å². The van der Waals surface area contributed by atoms with Crippen molar-refractivity contribution in [3.05, 3.63) is 27.7 Å². The largest absolute Gasteiger partial charge is 0.478 e. The summed E-state index contributed by atoms with van der Waals surface area (Å²) in [4.78, 5) is 11.2. The summed E-state index contributed by atoms with van der Waals surface area (Å²) in [7, 11) is -1.79. The highest BCUT2D eigenvalue weighted by atomic mass is 35.5. The number of aromatic carboxylic acids is 1. The molecule has 1 N–H and O–H groups in total. The summed E-state index contributed by atoms with van der Waals surface area (Å²) in [5, 5.41) is 11.0. The minimum Gasteiger partial charge on any atom is -0.478 e. The molecule has 0 atom stereocenters. The first-order valence-electron chi connectivity index (χ1n) is 6.15. The van der Waals surface area contributed by atoms with E-state index in [1.54, 1.807) is 6.07 Å². The van der Waals surface area contributed by atoms with Crippen molar-refractivity contribution < 1.29 is 9.90 Å². The number of carboxylic acid groups (broad SMARTS) is 1. The first-order valence-corrected chi connectivity index (χ1v) is 9.53. The molecular weight excluding hydrogens is 287 g/mol. The van der Waals surface area contributed by atoms with Crippen LogP contribution in [0.1, 0.15) is 31.1 Å². The van der Waals surface area contributed by atoms with E-state index in [0.717, 1.165) is 23.3 Å². The highest BCUT2D eigenvalue weighted by molar-refractivity contribution is 6.94. The standard InChI is InChI=1S/C13H18Cl2O2Si/c1-4-18(5-2,6-3)12-10(14)8-7-9(11(12)15)13(16)17/h7-8H,4-6H2,1-3H3,(H,16,17). The minimum atomic E-state index is -1.79. The van der Waals surface area contributed by atoms with Gasteiger partial charge < -0.3 is 5.11 Å². The molecular formula is C13H18Cl2O2Si. The molecule has 0 spiro atoms. The fourth-order valence-electron chi connectivity index (χ4n) is 2.48. The third-order valence-corrected chi connectivity index (χ3v) is 10.5. The molecule has 0 amide bonds. The lowest BCUT2D eigenvalue weighted by Crippen LogP contribution is -2.47. The molecule has 0 unspecified atom stereocenters. The van der Waals surface area contributed by atoms with Crippen LogP contribution in [0, 0.1) is 0 Å². The number of halogens is 2. The lowest BCUT2D eigenvalue weighted by Gasteiger charge is -2.31. The summed E-state index contributed by atoms with van der Waals surface area (Å²) < 4.78 is 0. The van der Waals surface area contributed by atoms with Crippen molar-refractivity contribution in [2.75, 3.05) is 0 Å². The average Bonchev–Trinajstić information content (AvgIpc) is 2.34. The summed E-state index contributed by atoms with van der Waals surface area (Å²) in [5.74, 6) is -0.996. The summed E-state index contributed by atoms with van der Waals surface area (Å²) in [5.41, 5.74) is 0.156. The molecule has 0 aliphatic heterocycles. The number of carboxylic acids is 1. The molecule has 0 radical (unpaired) electrons. The second-order valence-corrected chi connectivity index (χ2v) is 10.4. The van der Waals surface area contributed by atoms with Crippen LogP contribution in [0.3, 0.4) is 0 Å². The van der Waals surface area contributed by atoms with Gasteiger partial charge in [-0.15, -0.1) is 0 Å². The van der Waals surface area contributed by atoms with E-state index in [-0.39, 0.29) is 5.56 Å². The van der Waals surface area contributed by atoms with Crippen molar-refractivity contribution in [1.82, 2.24) is 0 Å². The number of carbonyl (C=O) groups is 1. The predicted octanol–water partition coefficient (Wildman–Crippen LogP) is 4.41. The molecule has 0 aliphatic carbocycles. The fraction of sp³-hybridized carbons (Fsp3) is 0.462. The van der Waals surface area contributed by atoms with Gasteiger partial charge in [-0.1, -0.05) is 62.1 Å². The van der Waals surface area contributed by atoms with Crippen molar-refractivity contribution in [2.24, 2.45) is 0 Å². The average molecular weight is 305 g/mol. The van der Waals surface area contributed by atoms with Crippen LogP contribution in [0.5, 0.6) is 0 Å². The Hall–Kier alpha value is -0.513. The normalized spacial score (nSPS) is 11.6. The lowest BCUT2D eigenvalue weighted by atomic mass is 10.2. The van der Waals surface area contributed by atoms with E-state index in [1.165, 1.54) is 6.07 Å². The quantitative estimate of drug-likeness (QED) is 0.818.